The Morgan fingerprint density at radius 3 is 2.50 bits per heavy atom. The Hall–Kier alpha value is -0.420. The average molecular weight is 202 g/mol. The molecule has 3 nitrogen and oxygen atoms in total. The maximum Gasteiger partial charge on any atom is 0.313 e. The van der Waals surface area contributed by atoms with Crippen LogP contribution in [0.25, 0.3) is 0 Å². The van der Waals surface area contributed by atoms with Gasteiger partial charge in [-0.1, -0.05) is 0 Å². The lowest BCUT2D eigenvalue weighted by atomic mass is 9.95. The summed E-state index contributed by atoms with van der Waals surface area (Å²) in [5.74, 6) is -6.03. The summed E-state index contributed by atoms with van der Waals surface area (Å²) in [4.78, 5) is 10.2. The number of carboxylic acid groups (broad SMARTS) is 1. The van der Waals surface area contributed by atoms with E-state index in [4.69, 9.17) is 5.11 Å². The summed E-state index contributed by atoms with van der Waals surface area (Å²) in [6.07, 6.45) is -0.385. The van der Waals surface area contributed by atoms with Crippen molar-refractivity contribution in [3.8, 4) is 0 Å². The minimum Gasteiger partial charge on any atom is -0.481 e. The second kappa shape index (κ2) is 4.00. The van der Waals surface area contributed by atoms with Crippen molar-refractivity contribution in [1.29, 1.82) is 0 Å². The van der Waals surface area contributed by atoms with Gasteiger partial charge in [-0.3, -0.25) is 4.79 Å². The topological polar surface area (TPSA) is 49.3 Å². The molecule has 1 aliphatic rings. The third kappa shape index (κ3) is 2.28. The number of carbonyl (C=O) groups is 1. The molecule has 0 bridgehead atoms. The highest BCUT2D eigenvalue weighted by atomic mass is 35.5. The molecular formula is C6H10ClF2NO2. The van der Waals surface area contributed by atoms with Crippen molar-refractivity contribution in [3.63, 3.8) is 0 Å². The first-order valence-electron chi connectivity index (χ1n) is 3.35. The number of hydrogen-bond donors (Lipinski definition) is 2. The van der Waals surface area contributed by atoms with Crippen LogP contribution in [0.15, 0.2) is 0 Å². The van der Waals surface area contributed by atoms with Crippen molar-refractivity contribution in [2.45, 2.75) is 12.3 Å². The van der Waals surface area contributed by atoms with E-state index in [0.717, 1.165) is 0 Å². The molecule has 1 saturated heterocycles. The quantitative estimate of drug-likeness (QED) is 0.658. The minimum absolute atomic E-state index is 0. The monoisotopic (exact) mass is 201 g/mol. The molecule has 72 valence electrons. The van der Waals surface area contributed by atoms with Gasteiger partial charge in [0.15, 0.2) is 0 Å². The van der Waals surface area contributed by atoms with Crippen molar-refractivity contribution in [1.82, 2.24) is 5.32 Å². The number of nitrogens with one attached hydrogen (secondary N) is 1. The van der Waals surface area contributed by atoms with Gasteiger partial charge in [-0.25, -0.2) is 8.78 Å². The molecule has 1 fully saturated rings. The fourth-order valence-electron chi connectivity index (χ4n) is 1.09. The first-order chi connectivity index (χ1) is 5.04. The Kier molecular flexibility index (Phi) is 3.86. The molecule has 1 heterocycles. The van der Waals surface area contributed by atoms with E-state index in [1.54, 1.807) is 0 Å². The molecule has 1 atom stereocenters. The van der Waals surface area contributed by atoms with Gasteiger partial charge in [0.25, 0.3) is 5.92 Å². The highest BCUT2D eigenvalue weighted by molar-refractivity contribution is 5.85. The number of alkyl halides is 2. The Morgan fingerprint density at radius 1 is 1.58 bits per heavy atom. The minimum atomic E-state index is -3.04. The summed E-state index contributed by atoms with van der Waals surface area (Å²) in [5, 5.41) is 11.0. The largest absolute Gasteiger partial charge is 0.481 e. The van der Waals surface area contributed by atoms with Gasteiger partial charge in [0, 0.05) is 19.5 Å². The van der Waals surface area contributed by atoms with E-state index in [0.29, 0.717) is 0 Å². The molecule has 0 aromatic rings. The number of rotatable bonds is 1. The first kappa shape index (κ1) is 11.6. The maximum atomic E-state index is 12.7. The van der Waals surface area contributed by atoms with Gasteiger partial charge in [0.05, 0.1) is 0 Å². The lowest BCUT2D eigenvalue weighted by Crippen LogP contribution is -2.48. The van der Waals surface area contributed by atoms with Crippen molar-refractivity contribution >= 4 is 18.4 Å². The van der Waals surface area contributed by atoms with Crippen LogP contribution in [0.4, 0.5) is 8.78 Å². The first-order valence-corrected chi connectivity index (χ1v) is 3.35. The number of aliphatic carboxylic acids is 1. The van der Waals surface area contributed by atoms with Crippen LogP contribution in [0.5, 0.6) is 0 Å². The fourth-order valence-corrected chi connectivity index (χ4v) is 1.09. The number of carboxylic acids is 1. The summed E-state index contributed by atoms with van der Waals surface area (Å²) in [6, 6.07) is 0. The molecule has 0 aromatic heterocycles. The normalized spacial score (nSPS) is 27.3. The van der Waals surface area contributed by atoms with Crippen LogP contribution in [0, 0.1) is 5.92 Å². The Balaban J connectivity index is 0.00000121. The number of piperidine rings is 1. The van der Waals surface area contributed by atoms with Crippen LogP contribution in [-0.2, 0) is 4.79 Å². The van der Waals surface area contributed by atoms with Crippen molar-refractivity contribution < 1.29 is 18.7 Å². The standard InChI is InChI=1S/C6H9F2NO2.ClH/c7-6(8)1-2-9-3-4(6)5(10)11;/h4,9H,1-3H2,(H,10,11);1H/t4-;/m1./s1. The van der Waals surface area contributed by atoms with Gasteiger partial charge in [-0.05, 0) is 0 Å². The van der Waals surface area contributed by atoms with Crippen LogP contribution >= 0.6 is 12.4 Å². The molecule has 0 radical (unpaired) electrons. The van der Waals surface area contributed by atoms with Gasteiger partial charge in [0.2, 0.25) is 0 Å². The van der Waals surface area contributed by atoms with E-state index >= 15 is 0 Å². The van der Waals surface area contributed by atoms with Gasteiger partial charge in [-0.2, -0.15) is 0 Å². The molecule has 6 heteroatoms. The third-order valence-electron chi connectivity index (χ3n) is 1.79. The van der Waals surface area contributed by atoms with Gasteiger partial charge < -0.3 is 10.4 Å². The Labute approximate surface area is 74.5 Å². The molecule has 1 aliphatic heterocycles. The van der Waals surface area contributed by atoms with Crippen molar-refractivity contribution in [2.24, 2.45) is 5.92 Å². The SMILES string of the molecule is Cl.O=C(O)[C@H]1CNCCC1(F)F. The summed E-state index contributed by atoms with van der Waals surface area (Å²) >= 11 is 0. The van der Waals surface area contributed by atoms with Crippen molar-refractivity contribution in [2.75, 3.05) is 13.1 Å². The van der Waals surface area contributed by atoms with Crippen LogP contribution < -0.4 is 5.32 Å². The smallest absolute Gasteiger partial charge is 0.313 e. The lowest BCUT2D eigenvalue weighted by Gasteiger charge is -2.28. The lowest BCUT2D eigenvalue weighted by molar-refractivity contribution is -0.160. The molecular weight excluding hydrogens is 192 g/mol. The van der Waals surface area contributed by atoms with Crippen LogP contribution in [0.3, 0.4) is 0 Å². The molecule has 2 N–H and O–H groups in total. The molecule has 1 rings (SSSR count). The predicted octanol–water partition coefficient (Wildman–Crippen LogP) is 0.738. The van der Waals surface area contributed by atoms with Gasteiger partial charge in [-0.15, -0.1) is 12.4 Å². The summed E-state index contributed by atoms with van der Waals surface area (Å²) < 4.78 is 25.4. The molecule has 0 amide bonds. The molecule has 0 spiro atoms. The highest BCUT2D eigenvalue weighted by Gasteiger charge is 2.45. The van der Waals surface area contributed by atoms with E-state index in [1.807, 2.05) is 0 Å². The van der Waals surface area contributed by atoms with Crippen LogP contribution in [0.1, 0.15) is 6.42 Å². The van der Waals surface area contributed by atoms with E-state index in [1.165, 1.54) is 0 Å². The summed E-state index contributed by atoms with van der Waals surface area (Å²) in [5.41, 5.74) is 0. The highest BCUT2D eigenvalue weighted by Crippen LogP contribution is 2.30. The van der Waals surface area contributed by atoms with Crippen molar-refractivity contribution in [3.05, 3.63) is 0 Å². The zero-order valence-corrected chi connectivity index (χ0v) is 7.03. The molecule has 0 unspecified atom stereocenters. The fraction of sp³-hybridized carbons (Fsp3) is 0.833. The van der Waals surface area contributed by atoms with Crippen LogP contribution in [-0.4, -0.2) is 30.1 Å². The maximum absolute atomic E-state index is 12.7. The summed E-state index contributed by atoms with van der Waals surface area (Å²) in [6.45, 7) is 0.0547. The zero-order valence-electron chi connectivity index (χ0n) is 6.22. The van der Waals surface area contributed by atoms with Crippen LogP contribution in [0.2, 0.25) is 0 Å². The van der Waals surface area contributed by atoms with E-state index < -0.39 is 17.8 Å². The Bertz CT molecular complexity index is 177. The molecule has 0 aromatic carbocycles. The Morgan fingerprint density at radius 2 is 2.17 bits per heavy atom. The number of hydrogen-bond acceptors (Lipinski definition) is 2. The van der Waals surface area contributed by atoms with E-state index in [2.05, 4.69) is 5.32 Å². The van der Waals surface area contributed by atoms with Gasteiger partial charge >= 0.3 is 5.97 Å². The van der Waals surface area contributed by atoms with E-state index in [-0.39, 0.29) is 31.9 Å². The third-order valence-corrected chi connectivity index (χ3v) is 1.79. The second-order valence-corrected chi connectivity index (χ2v) is 2.61. The molecule has 12 heavy (non-hydrogen) atoms. The summed E-state index contributed by atoms with van der Waals surface area (Å²) in [7, 11) is 0. The zero-order chi connectivity index (χ0) is 8.48. The second-order valence-electron chi connectivity index (χ2n) is 2.61. The number of halogens is 3. The van der Waals surface area contributed by atoms with E-state index in [9.17, 15) is 13.6 Å². The average Bonchev–Trinajstić information content (AvgIpc) is 1.85. The molecule has 0 aliphatic carbocycles. The predicted molar refractivity (Wildman–Crippen MR) is 40.8 cm³/mol. The van der Waals surface area contributed by atoms with Gasteiger partial charge in [0.1, 0.15) is 5.92 Å². The molecule has 0 saturated carbocycles.